The molecule has 2 aliphatic heterocycles. The Morgan fingerprint density at radius 2 is 1.77 bits per heavy atom. The molecule has 2 aromatic carbocycles. The highest BCUT2D eigenvalue weighted by Crippen LogP contribution is 2.46. The van der Waals surface area contributed by atoms with Gasteiger partial charge < -0.3 is 4.74 Å². The van der Waals surface area contributed by atoms with Crippen LogP contribution in [0.2, 0.25) is 0 Å². The van der Waals surface area contributed by atoms with Gasteiger partial charge in [-0.25, -0.2) is 9.79 Å². The van der Waals surface area contributed by atoms with E-state index >= 15 is 0 Å². The zero-order valence-corrected chi connectivity index (χ0v) is 18.1. The van der Waals surface area contributed by atoms with Crippen LogP contribution < -0.4 is 4.90 Å². The number of amides is 1. The minimum atomic E-state index is -0.429. The van der Waals surface area contributed by atoms with E-state index in [1.54, 1.807) is 31.2 Å². The molecule has 0 spiro atoms. The van der Waals surface area contributed by atoms with Crippen molar-refractivity contribution in [1.29, 1.82) is 0 Å². The van der Waals surface area contributed by atoms with Gasteiger partial charge in [-0.15, -0.1) is 0 Å². The first kappa shape index (κ1) is 20.1. The van der Waals surface area contributed by atoms with Gasteiger partial charge in [-0.2, -0.15) is 0 Å². The van der Waals surface area contributed by atoms with E-state index in [1.165, 1.54) is 11.1 Å². The molecule has 0 N–H and O–H groups in total. The van der Waals surface area contributed by atoms with Gasteiger partial charge in [0.05, 0.1) is 29.1 Å². The van der Waals surface area contributed by atoms with Crippen LogP contribution in [-0.2, 0) is 16.0 Å². The van der Waals surface area contributed by atoms with E-state index in [1.807, 2.05) is 18.7 Å². The Labute approximate surface area is 177 Å². The summed E-state index contributed by atoms with van der Waals surface area (Å²) >= 11 is 0. The predicted octanol–water partition coefficient (Wildman–Crippen LogP) is 5.09. The monoisotopic (exact) mass is 402 g/mol. The van der Waals surface area contributed by atoms with Crippen LogP contribution in [0.3, 0.4) is 0 Å². The van der Waals surface area contributed by atoms with E-state index in [9.17, 15) is 9.59 Å². The van der Waals surface area contributed by atoms with Crippen molar-refractivity contribution in [3.63, 3.8) is 0 Å². The molecule has 2 heterocycles. The standard InChI is InChI=1S/C25H26N2O3/c1-6-16-12-19-15(3)14-25(4,5)27-22(19)20(13-16)21(23(27)28)26-18-10-8-17(9-11-18)24(29)30-7-2/h8-14H,6-7H2,1-5H3. The third-order valence-electron chi connectivity index (χ3n) is 5.65. The van der Waals surface area contributed by atoms with Crippen molar-refractivity contribution >= 4 is 34.5 Å². The van der Waals surface area contributed by atoms with Crippen LogP contribution >= 0.6 is 0 Å². The third-order valence-corrected chi connectivity index (χ3v) is 5.65. The fourth-order valence-corrected chi connectivity index (χ4v) is 4.29. The van der Waals surface area contributed by atoms with Crippen LogP contribution in [-0.4, -0.2) is 29.7 Å². The maximum atomic E-state index is 13.5. The summed E-state index contributed by atoms with van der Waals surface area (Å²) in [5, 5.41) is 0. The largest absolute Gasteiger partial charge is 0.462 e. The first-order valence-electron chi connectivity index (χ1n) is 10.3. The Hall–Kier alpha value is -3.21. The van der Waals surface area contributed by atoms with Crippen LogP contribution in [0.5, 0.6) is 0 Å². The van der Waals surface area contributed by atoms with Crippen molar-refractivity contribution in [3.05, 3.63) is 64.7 Å². The number of hydrogen-bond acceptors (Lipinski definition) is 4. The summed E-state index contributed by atoms with van der Waals surface area (Å²) in [6.45, 7) is 10.4. The number of hydrogen-bond donors (Lipinski definition) is 0. The van der Waals surface area contributed by atoms with Gasteiger partial charge in [0.2, 0.25) is 0 Å². The summed E-state index contributed by atoms with van der Waals surface area (Å²) in [4.78, 5) is 31.9. The van der Waals surface area contributed by atoms with E-state index < -0.39 is 5.54 Å². The van der Waals surface area contributed by atoms with Gasteiger partial charge in [-0.05, 0) is 81.7 Å². The highest BCUT2D eigenvalue weighted by molar-refractivity contribution is 6.55. The number of anilines is 1. The second kappa shape index (κ2) is 7.24. The summed E-state index contributed by atoms with van der Waals surface area (Å²) in [6, 6.07) is 11.1. The normalized spacial score (nSPS) is 17.8. The van der Waals surface area contributed by atoms with Crippen LogP contribution in [0.15, 0.2) is 47.5 Å². The molecule has 0 bridgehead atoms. The number of carbonyl (C=O) groups excluding carboxylic acids is 2. The number of aryl methyl sites for hydroxylation is 1. The van der Waals surface area contributed by atoms with Crippen molar-refractivity contribution in [1.82, 2.24) is 0 Å². The molecule has 154 valence electrons. The molecular formula is C25H26N2O3. The number of esters is 1. The molecule has 5 heteroatoms. The van der Waals surface area contributed by atoms with Gasteiger partial charge in [0, 0.05) is 11.1 Å². The van der Waals surface area contributed by atoms with Gasteiger partial charge in [0.15, 0.2) is 0 Å². The van der Waals surface area contributed by atoms with Crippen molar-refractivity contribution < 1.29 is 14.3 Å². The van der Waals surface area contributed by atoms with E-state index in [4.69, 9.17) is 9.73 Å². The Kier molecular flexibility index (Phi) is 4.85. The Morgan fingerprint density at radius 1 is 1.10 bits per heavy atom. The van der Waals surface area contributed by atoms with E-state index in [0.29, 0.717) is 23.6 Å². The molecule has 0 unspecified atom stereocenters. The lowest BCUT2D eigenvalue weighted by Crippen LogP contribution is -2.47. The maximum Gasteiger partial charge on any atom is 0.338 e. The fraction of sp³-hybridized carbons (Fsp3) is 0.320. The van der Waals surface area contributed by atoms with E-state index in [-0.39, 0.29) is 11.9 Å². The third kappa shape index (κ3) is 3.15. The number of ether oxygens (including phenoxy) is 1. The van der Waals surface area contributed by atoms with Gasteiger partial charge in [0.1, 0.15) is 5.71 Å². The first-order valence-corrected chi connectivity index (χ1v) is 10.3. The highest BCUT2D eigenvalue weighted by atomic mass is 16.5. The van der Waals surface area contributed by atoms with E-state index in [2.05, 4.69) is 32.1 Å². The van der Waals surface area contributed by atoms with Crippen LogP contribution in [0.25, 0.3) is 5.57 Å². The zero-order chi connectivity index (χ0) is 21.6. The van der Waals surface area contributed by atoms with Crippen molar-refractivity contribution in [2.75, 3.05) is 11.5 Å². The molecule has 1 amide bonds. The average Bonchev–Trinajstić information content (AvgIpc) is 2.99. The van der Waals surface area contributed by atoms with Crippen molar-refractivity contribution in [3.8, 4) is 0 Å². The maximum absolute atomic E-state index is 13.5. The lowest BCUT2D eigenvalue weighted by molar-refractivity contribution is -0.112. The van der Waals surface area contributed by atoms with Crippen molar-refractivity contribution in [2.45, 2.75) is 46.6 Å². The number of carbonyl (C=O) groups is 2. The molecule has 0 atom stereocenters. The number of rotatable bonds is 4. The number of aliphatic imine (C=N–C) groups is 1. The first-order chi connectivity index (χ1) is 14.3. The number of allylic oxidation sites excluding steroid dienone is 1. The molecule has 0 saturated heterocycles. The Bertz CT molecular complexity index is 1110. The molecule has 5 nitrogen and oxygen atoms in total. The summed E-state index contributed by atoms with van der Waals surface area (Å²) < 4.78 is 5.03. The molecule has 0 radical (unpaired) electrons. The highest BCUT2D eigenvalue weighted by Gasteiger charge is 2.45. The molecular weight excluding hydrogens is 376 g/mol. The summed E-state index contributed by atoms with van der Waals surface area (Å²) in [6.07, 6.45) is 3.03. The predicted molar refractivity (Wildman–Crippen MR) is 120 cm³/mol. The van der Waals surface area contributed by atoms with Crippen molar-refractivity contribution in [2.24, 2.45) is 4.99 Å². The average molecular weight is 402 g/mol. The van der Waals surface area contributed by atoms with Gasteiger partial charge >= 0.3 is 5.97 Å². The molecule has 0 fully saturated rings. The summed E-state index contributed by atoms with van der Waals surface area (Å²) in [5.41, 5.74) is 6.39. The molecule has 0 aliphatic carbocycles. The molecule has 0 aromatic heterocycles. The number of benzene rings is 2. The van der Waals surface area contributed by atoms with Crippen LogP contribution in [0.1, 0.15) is 61.7 Å². The minimum Gasteiger partial charge on any atom is -0.462 e. The van der Waals surface area contributed by atoms with Gasteiger partial charge in [-0.1, -0.05) is 13.0 Å². The molecule has 2 aliphatic rings. The summed E-state index contributed by atoms with van der Waals surface area (Å²) in [5.74, 6) is -0.459. The fourth-order valence-electron chi connectivity index (χ4n) is 4.29. The smallest absolute Gasteiger partial charge is 0.338 e. The quantitative estimate of drug-likeness (QED) is 0.670. The Balaban J connectivity index is 1.83. The van der Waals surface area contributed by atoms with Crippen LogP contribution in [0, 0.1) is 0 Å². The lowest BCUT2D eigenvalue weighted by Gasteiger charge is -2.38. The number of nitrogens with zero attached hydrogens (tertiary/aromatic N) is 2. The second-order valence-electron chi connectivity index (χ2n) is 8.24. The minimum absolute atomic E-state index is 0.0947. The van der Waals surface area contributed by atoms with Crippen LogP contribution in [0.4, 0.5) is 11.4 Å². The summed E-state index contributed by atoms with van der Waals surface area (Å²) in [7, 11) is 0. The van der Waals surface area contributed by atoms with Gasteiger partial charge in [-0.3, -0.25) is 9.69 Å². The lowest BCUT2D eigenvalue weighted by atomic mass is 9.88. The molecule has 2 aromatic rings. The van der Waals surface area contributed by atoms with E-state index in [0.717, 1.165) is 23.2 Å². The molecule has 0 saturated carbocycles. The molecule has 30 heavy (non-hydrogen) atoms. The zero-order valence-electron chi connectivity index (χ0n) is 18.1. The molecule has 4 rings (SSSR count). The Morgan fingerprint density at radius 3 is 2.40 bits per heavy atom. The SMILES string of the molecule is CCOC(=O)c1ccc(N=C2C(=O)N3c4c(cc(CC)cc42)C(C)=CC3(C)C)cc1. The second-order valence-corrected chi connectivity index (χ2v) is 8.24. The topological polar surface area (TPSA) is 59.0 Å². The van der Waals surface area contributed by atoms with Gasteiger partial charge in [0.25, 0.3) is 5.91 Å².